The Morgan fingerprint density at radius 1 is 1.21 bits per heavy atom. The summed E-state index contributed by atoms with van der Waals surface area (Å²) < 4.78 is 2.20. The highest BCUT2D eigenvalue weighted by Gasteiger charge is 2.36. The Kier molecular flexibility index (Phi) is 5.96. The number of nitriles is 1. The van der Waals surface area contributed by atoms with Crippen molar-refractivity contribution in [3.05, 3.63) is 42.4 Å². The lowest BCUT2D eigenvalue weighted by molar-refractivity contribution is -0.136. The van der Waals surface area contributed by atoms with Gasteiger partial charge in [0.1, 0.15) is 5.82 Å². The number of hydrogen-bond acceptors (Lipinski definition) is 4. The molecule has 2 N–H and O–H groups in total. The number of fused-ring (bicyclic) bond motifs is 1. The lowest BCUT2D eigenvalue weighted by Gasteiger charge is -2.39. The molecule has 2 aromatic rings. The van der Waals surface area contributed by atoms with Crippen molar-refractivity contribution in [3.63, 3.8) is 0 Å². The van der Waals surface area contributed by atoms with E-state index >= 15 is 0 Å². The van der Waals surface area contributed by atoms with E-state index in [0.717, 1.165) is 23.5 Å². The second-order valence-corrected chi connectivity index (χ2v) is 8.30. The van der Waals surface area contributed by atoms with Crippen LogP contribution in [0.15, 0.2) is 36.5 Å². The SMILES string of the molecule is N#CC[C@H](N)C(=O)N1CCn2cc(-c3ccccc3)nc2[C@@H]1CC1CCCCC1. The van der Waals surface area contributed by atoms with Crippen LogP contribution in [0.5, 0.6) is 0 Å². The van der Waals surface area contributed by atoms with E-state index in [1.165, 1.54) is 32.1 Å². The van der Waals surface area contributed by atoms with Crippen molar-refractivity contribution in [2.45, 2.75) is 63.6 Å². The van der Waals surface area contributed by atoms with Gasteiger partial charge in [-0.15, -0.1) is 0 Å². The first-order chi connectivity index (χ1) is 14.2. The predicted molar refractivity (Wildman–Crippen MR) is 112 cm³/mol. The van der Waals surface area contributed by atoms with Gasteiger partial charge in [-0.2, -0.15) is 5.26 Å². The van der Waals surface area contributed by atoms with Crippen LogP contribution in [-0.4, -0.2) is 32.9 Å². The van der Waals surface area contributed by atoms with Gasteiger partial charge in [0.15, 0.2) is 0 Å². The molecule has 1 amide bonds. The average Bonchev–Trinajstić information content (AvgIpc) is 3.20. The van der Waals surface area contributed by atoms with E-state index < -0.39 is 6.04 Å². The lowest BCUT2D eigenvalue weighted by atomic mass is 9.84. The highest BCUT2D eigenvalue weighted by atomic mass is 16.2. The molecule has 29 heavy (non-hydrogen) atoms. The Balaban J connectivity index is 1.65. The highest BCUT2D eigenvalue weighted by Crippen LogP contribution is 2.37. The Bertz CT molecular complexity index is 878. The second kappa shape index (κ2) is 8.79. The van der Waals surface area contributed by atoms with Gasteiger partial charge in [0.05, 0.1) is 30.3 Å². The molecule has 0 saturated heterocycles. The fraction of sp³-hybridized carbons (Fsp3) is 0.522. The van der Waals surface area contributed by atoms with Crippen molar-refractivity contribution in [1.29, 1.82) is 5.26 Å². The Hall–Kier alpha value is -2.65. The van der Waals surface area contributed by atoms with Gasteiger partial charge in [0.25, 0.3) is 0 Å². The number of amides is 1. The van der Waals surface area contributed by atoms with E-state index in [1.54, 1.807) is 0 Å². The molecular weight excluding hydrogens is 362 g/mol. The summed E-state index contributed by atoms with van der Waals surface area (Å²) in [7, 11) is 0. The number of aromatic nitrogens is 2. The number of imidazole rings is 1. The first-order valence-corrected chi connectivity index (χ1v) is 10.7. The maximum atomic E-state index is 13.0. The fourth-order valence-electron chi connectivity index (χ4n) is 4.77. The fourth-order valence-corrected chi connectivity index (χ4v) is 4.77. The summed E-state index contributed by atoms with van der Waals surface area (Å²) in [5.74, 6) is 1.45. The van der Waals surface area contributed by atoms with Crippen LogP contribution in [0, 0.1) is 17.2 Å². The number of nitrogens with zero attached hydrogens (tertiary/aromatic N) is 4. The predicted octanol–water partition coefficient (Wildman–Crippen LogP) is 3.64. The van der Waals surface area contributed by atoms with Crippen molar-refractivity contribution in [2.75, 3.05) is 6.54 Å². The summed E-state index contributed by atoms with van der Waals surface area (Å²) in [4.78, 5) is 19.9. The van der Waals surface area contributed by atoms with E-state index in [2.05, 4.69) is 22.9 Å². The number of rotatable bonds is 5. The smallest absolute Gasteiger partial charge is 0.241 e. The first kappa shape index (κ1) is 19.7. The van der Waals surface area contributed by atoms with Crippen molar-refractivity contribution >= 4 is 5.91 Å². The minimum atomic E-state index is -0.760. The summed E-state index contributed by atoms with van der Waals surface area (Å²) in [6.07, 6.45) is 9.36. The average molecular weight is 392 g/mol. The van der Waals surface area contributed by atoms with Crippen LogP contribution in [0.1, 0.15) is 56.8 Å². The summed E-state index contributed by atoms with van der Waals surface area (Å²) in [6.45, 7) is 1.33. The van der Waals surface area contributed by atoms with E-state index in [9.17, 15) is 4.79 Å². The number of benzene rings is 1. The first-order valence-electron chi connectivity index (χ1n) is 10.7. The zero-order valence-electron chi connectivity index (χ0n) is 16.8. The lowest BCUT2D eigenvalue weighted by Crippen LogP contribution is -2.49. The summed E-state index contributed by atoms with van der Waals surface area (Å²) in [5, 5.41) is 8.98. The Morgan fingerprint density at radius 2 is 1.97 bits per heavy atom. The molecule has 2 atom stereocenters. The van der Waals surface area contributed by atoms with Gasteiger partial charge in [-0.05, 0) is 12.3 Å². The maximum Gasteiger partial charge on any atom is 0.241 e. The second-order valence-electron chi connectivity index (χ2n) is 8.30. The van der Waals surface area contributed by atoms with Crippen LogP contribution < -0.4 is 5.73 Å². The van der Waals surface area contributed by atoms with Crippen LogP contribution in [0.4, 0.5) is 0 Å². The van der Waals surface area contributed by atoms with E-state index in [0.29, 0.717) is 19.0 Å². The normalized spacial score (nSPS) is 20.7. The van der Waals surface area contributed by atoms with Gasteiger partial charge < -0.3 is 15.2 Å². The largest absolute Gasteiger partial charge is 0.331 e. The van der Waals surface area contributed by atoms with Crippen molar-refractivity contribution in [3.8, 4) is 17.3 Å². The summed E-state index contributed by atoms with van der Waals surface area (Å²) in [5.41, 5.74) is 8.07. The number of nitrogens with two attached hydrogens (primary N) is 1. The van der Waals surface area contributed by atoms with Gasteiger partial charge in [-0.1, -0.05) is 62.4 Å². The van der Waals surface area contributed by atoms with Crippen LogP contribution in [0.3, 0.4) is 0 Å². The Labute approximate surface area is 172 Å². The molecule has 6 heteroatoms. The molecule has 6 nitrogen and oxygen atoms in total. The molecule has 152 valence electrons. The molecule has 0 unspecified atom stereocenters. The van der Waals surface area contributed by atoms with Gasteiger partial charge in [-0.25, -0.2) is 4.98 Å². The van der Waals surface area contributed by atoms with Crippen molar-refractivity contribution in [1.82, 2.24) is 14.5 Å². The maximum absolute atomic E-state index is 13.0. The monoisotopic (exact) mass is 391 g/mol. The summed E-state index contributed by atoms with van der Waals surface area (Å²) in [6, 6.07) is 11.4. The minimum Gasteiger partial charge on any atom is -0.331 e. The van der Waals surface area contributed by atoms with E-state index in [4.69, 9.17) is 16.0 Å². The van der Waals surface area contributed by atoms with Crippen molar-refractivity contribution in [2.24, 2.45) is 11.7 Å². The highest BCUT2D eigenvalue weighted by molar-refractivity contribution is 5.82. The standard InChI is InChI=1S/C23H29N5O/c24-12-11-19(25)23(29)28-14-13-27-16-20(18-9-5-2-6-10-18)26-22(27)21(28)15-17-7-3-1-4-8-17/h2,5-6,9-10,16-17,19,21H,1,3-4,7-8,11,13-15,25H2/t19-,21-/m0/s1. The molecular formula is C23H29N5O. The number of carbonyl (C=O) groups is 1. The van der Waals surface area contributed by atoms with E-state index in [-0.39, 0.29) is 18.4 Å². The third-order valence-corrected chi connectivity index (χ3v) is 6.33. The summed E-state index contributed by atoms with van der Waals surface area (Å²) >= 11 is 0. The molecule has 1 aliphatic heterocycles. The van der Waals surface area contributed by atoms with Crippen molar-refractivity contribution < 1.29 is 4.79 Å². The zero-order chi connectivity index (χ0) is 20.2. The number of carbonyl (C=O) groups excluding carboxylic acids is 1. The van der Waals surface area contributed by atoms with Crippen LogP contribution in [-0.2, 0) is 11.3 Å². The van der Waals surface area contributed by atoms with Gasteiger partial charge in [0, 0.05) is 24.8 Å². The Morgan fingerprint density at radius 3 is 2.69 bits per heavy atom. The molecule has 1 fully saturated rings. The van der Waals surface area contributed by atoms with Crippen LogP contribution in [0.2, 0.25) is 0 Å². The quantitative estimate of drug-likeness (QED) is 0.843. The van der Waals surface area contributed by atoms with Gasteiger partial charge in [-0.3, -0.25) is 4.79 Å². The van der Waals surface area contributed by atoms with E-state index in [1.807, 2.05) is 29.2 Å². The molecule has 0 spiro atoms. The molecule has 1 aromatic carbocycles. The number of hydrogen-bond donors (Lipinski definition) is 1. The molecule has 0 radical (unpaired) electrons. The molecule has 4 rings (SSSR count). The topological polar surface area (TPSA) is 87.9 Å². The molecule has 0 bridgehead atoms. The molecule has 1 aromatic heterocycles. The van der Waals surface area contributed by atoms with Crippen LogP contribution >= 0.6 is 0 Å². The molecule has 2 aliphatic rings. The molecule has 2 heterocycles. The molecule has 1 aliphatic carbocycles. The minimum absolute atomic E-state index is 0.0508. The molecule has 1 saturated carbocycles. The van der Waals surface area contributed by atoms with Crippen LogP contribution in [0.25, 0.3) is 11.3 Å². The third kappa shape index (κ3) is 4.20. The van der Waals surface area contributed by atoms with Gasteiger partial charge in [0.2, 0.25) is 5.91 Å². The zero-order valence-corrected chi connectivity index (χ0v) is 16.8. The van der Waals surface area contributed by atoms with Gasteiger partial charge >= 0.3 is 0 Å². The third-order valence-electron chi connectivity index (χ3n) is 6.33.